The van der Waals surface area contributed by atoms with Crippen LogP contribution >= 0.6 is 78.9 Å². The smallest absolute Gasteiger partial charge is 0.253 e. The van der Waals surface area contributed by atoms with E-state index in [0.717, 1.165) is 23.9 Å². The van der Waals surface area contributed by atoms with Gasteiger partial charge in [-0.15, -0.1) is 0 Å². The summed E-state index contributed by atoms with van der Waals surface area (Å²) in [7, 11) is 11.9. The van der Waals surface area contributed by atoms with Crippen LogP contribution in [0.2, 0.25) is 0 Å². The first-order valence-corrected chi connectivity index (χ1v) is 21.5. The molecule has 10 nitrogen and oxygen atoms in total. The Bertz CT molecular complexity index is 882. The lowest BCUT2D eigenvalue weighted by Gasteiger charge is -2.12. The Morgan fingerprint density at radius 3 is 1.21 bits per heavy atom. The minimum atomic E-state index is -0.344. The maximum absolute atomic E-state index is 11.3. The summed E-state index contributed by atoms with van der Waals surface area (Å²) in [5.74, 6) is -1.65. The van der Waals surface area contributed by atoms with E-state index in [1.165, 1.54) is 29.4 Å². The second-order valence-corrected chi connectivity index (χ2v) is 19.2. The lowest BCUT2D eigenvalue weighted by molar-refractivity contribution is -0.139. The van der Waals surface area contributed by atoms with Crippen molar-refractivity contribution in [2.24, 2.45) is 0 Å². The van der Waals surface area contributed by atoms with E-state index in [1.54, 1.807) is 43.2 Å². The molecule has 39 heavy (non-hydrogen) atoms. The summed E-state index contributed by atoms with van der Waals surface area (Å²) in [6, 6.07) is 0. The molecule has 0 aliphatic carbocycles. The number of amides is 6. The van der Waals surface area contributed by atoms with Crippen LogP contribution in [0.25, 0.3) is 0 Å². The van der Waals surface area contributed by atoms with Gasteiger partial charge in [-0.25, -0.2) is 0 Å². The molecule has 0 saturated carbocycles. The van der Waals surface area contributed by atoms with Gasteiger partial charge in [-0.3, -0.25) is 38.6 Å². The first-order valence-electron chi connectivity index (χ1n) is 9.94. The van der Waals surface area contributed by atoms with Crippen molar-refractivity contribution in [3.05, 3.63) is 24.3 Å². The molecule has 216 valence electrons. The zero-order chi connectivity index (χ0) is 27.2. The molecule has 0 spiro atoms. The summed E-state index contributed by atoms with van der Waals surface area (Å²) in [5, 5.41) is 6.78. The topological polar surface area (TPSA) is 133 Å². The van der Waals surface area contributed by atoms with E-state index in [4.69, 9.17) is 0 Å². The lowest BCUT2D eigenvalue weighted by atomic mass is 10.3. The van der Waals surface area contributed by atoms with Crippen molar-refractivity contribution in [1.82, 2.24) is 20.4 Å². The van der Waals surface area contributed by atoms with Gasteiger partial charge in [0.2, 0.25) is 11.8 Å². The van der Waals surface area contributed by atoms with Gasteiger partial charge in [-0.2, -0.15) is 0 Å². The van der Waals surface area contributed by atoms with Gasteiger partial charge in [0.15, 0.2) is 0 Å². The summed E-state index contributed by atoms with van der Waals surface area (Å²) in [5.41, 5.74) is 0. The fraction of sp³-hybridized carbons (Fsp3) is 0.474. The fourth-order valence-electron chi connectivity index (χ4n) is 2.29. The molecule has 0 unspecified atom stereocenters. The monoisotopic (exact) mass is 724 g/mol. The molecular weight excluding hydrogens is 699 g/mol. The molecule has 0 radical (unpaired) electrons. The summed E-state index contributed by atoms with van der Waals surface area (Å²) >= 11 is 8.82. The van der Waals surface area contributed by atoms with Gasteiger partial charge in [0.1, 0.15) is 9.41 Å². The molecule has 20 heteroatoms. The van der Waals surface area contributed by atoms with Gasteiger partial charge >= 0.3 is 0 Å². The average Bonchev–Trinajstić information content (AvgIpc) is 3.73. The minimum absolute atomic E-state index is 0. The van der Waals surface area contributed by atoms with Crippen LogP contribution in [0, 0.1) is 0 Å². The highest BCUT2D eigenvalue weighted by Crippen LogP contribution is 2.51. The number of nitrogens with zero attached hydrogens (tertiary/aromatic N) is 2. The first-order chi connectivity index (χ1) is 17.7. The van der Waals surface area contributed by atoms with Crippen LogP contribution in [-0.4, -0.2) is 72.8 Å². The highest BCUT2D eigenvalue weighted by Gasteiger charge is 2.29. The molecule has 5 rings (SSSR count). The first kappa shape index (κ1) is 38.8. The number of hydrogen-bond acceptors (Lipinski definition) is 14. The van der Waals surface area contributed by atoms with Crippen LogP contribution < -0.4 is 10.6 Å². The molecule has 0 aromatic heterocycles. The van der Waals surface area contributed by atoms with Crippen LogP contribution in [-0.2, 0) is 52.4 Å². The van der Waals surface area contributed by atoms with E-state index in [-0.39, 0.29) is 85.6 Å². The van der Waals surface area contributed by atoms with Crippen molar-refractivity contribution >= 4 is 138 Å². The lowest BCUT2D eigenvalue weighted by Crippen LogP contribution is -2.34. The number of carbonyl (C=O) groups excluding carboxylic acids is 6. The maximum atomic E-state index is 11.3. The second kappa shape index (κ2) is 21.5. The second-order valence-electron chi connectivity index (χ2n) is 6.52. The maximum Gasteiger partial charge on any atom is 0.253 e. The molecular formula is C19H26N4O6P2S8. The number of hydrogen-bond donors (Lipinski definition) is 2. The zero-order valence-corrected chi connectivity index (χ0v) is 26.8. The Balaban J connectivity index is 0.000000571. The number of nitrogens with one attached hydrogen (secondary N) is 2. The number of rotatable bonds is 9. The van der Waals surface area contributed by atoms with Crippen LogP contribution in [0.3, 0.4) is 0 Å². The van der Waals surface area contributed by atoms with Crippen LogP contribution in [0.5, 0.6) is 0 Å². The Hall–Kier alpha value is -0.160. The molecule has 0 atom stereocenters. The largest absolute Gasteiger partial charge is 0.334 e. The molecule has 0 bridgehead atoms. The molecule has 0 aromatic carbocycles. The Morgan fingerprint density at radius 1 is 0.718 bits per heavy atom. The summed E-state index contributed by atoms with van der Waals surface area (Å²) < 4.78 is 0.307. The van der Waals surface area contributed by atoms with E-state index in [9.17, 15) is 28.8 Å². The molecule has 0 aromatic rings. The molecule has 5 aliphatic rings. The highest BCUT2D eigenvalue weighted by atomic mass is 33.2. The average molecular weight is 725 g/mol. The van der Waals surface area contributed by atoms with Crippen molar-refractivity contribution < 1.29 is 28.8 Å². The molecule has 6 amide bonds. The Labute approximate surface area is 264 Å². The van der Waals surface area contributed by atoms with Gasteiger partial charge < -0.3 is 10.6 Å². The van der Waals surface area contributed by atoms with Crippen molar-refractivity contribution in [3.63, 3.8) is 0 Å². The van der Waals surface area contributed by atoms with E-state index >= 15 is 0 Å². The van der Waals surface area contributed by atoms with Gasteiger partial charge in [0, 0.05) is 64.3 Å². The predicted octanol–water partition coefficient (Wildman–Crippen LogP) is 4.52. The predicted molar refractivity (Wildman–Crippen MR) is 177 cm³/mol. The quantitative estimate of drug-likeness (QED) is 0.149. The zero-order valence-electron chi connectivity index (χ0n) is 18.5. The third kappa shape index (κ3) is 18.1. The molecule has 5 aliphatic heterocycles. The van der Waals surface area contributed by atoms with E-state index in [2.05, 4.69) is 34.2 Å². The van der Waals surface area contributed by atoms with Gasteiger partial charge in [0.05, 0.1) is 5.08 Å². The van der Waals surface area contributed by atoms with E-state index in [0.29, 0.717) is 0 Å². The summed E-state index contributed by atoms with van der Waals surface area (Å²) in [6.45, 7) is 0.303. The fourth-order valence-corrected chi connectivity index (χ4v) is 4.03. The third-order valence-electron chi connectivity index (χ3n) is 4.02. The van der Waals surface area contributed by atoms with Gasteiger partial charge in [-0.1, -0.05) is 79.6 Å². The van der Waals surface area contributed by atoms with Gasteiger partial charge in [-0.05, 0) is 23.6 Å². The Kier molecular flexibility index (Phi) is 21.4. The standard InChI is InChI=1S/2C8H8N2O3S2.CH2S2.2CH4.P2S2/c2*11-5(9-8-14-15-8)3-4-10-6(12)1-2-7(10)13;1-2-3-1;;;3-1-2-4/h2*1-2,8H,3-4H2,(H,9,11);1H2;2*1H4;. The van der Waals surface area contributed by atoms with Crippen LogP contribution in [0.15, 0.2) is 24.3 Å². The summed E-state index contributed by atoms with van der Waals surface area (Å²) in [6.07, 6.45) is 5.19. The number of imide groups is 2. The van der Waals surface area contributed by atoms with Crippen LogP contribution in [0.1, 0.15) is 27.7 Å². The molecule has 3 fully saturated rings. The van der Waals surface area contributed by atoms with Gasteiger partial charge in [0.25, 0.3) is 23.6 Å². The normalized spacial score (nSPS) is 18.1. The van der Waals surface area contributed by atoms with E-state index < -0.39 is 0 Å². The van der Waals surface area contributed by atoms with Crippen molar-refractivity contribution in [1.29, 1.82) is 0 Å². The molecule has 5 heterocycles. The highest BCUT2D eigenvalue weighted by molar-refractivity contribution is 8.93. The molecule has 2 N–H and O–H groups in total. The Morgan fingerprint density at radius 2 is 1.00 bits per heavy atom. The van der Waals surface area contributed by atoms with Crippen molar-refractivity contribution in [2.75, 3.05) is 18.2 Å². The van der Waals surface area contributed by atoms with E-state index in [1.807, 2.05) is 21.6 Å². The SMILES string of the molecule is C.C.C1SS1.O=C(CCN1C(=O)C=CC1=O)NC1SS1.O=C(CCN1C(=O)C=CC1=O)NC1SS1.S=PP=S. The summed E-state index contributed by atoms with van der Waals surface area (Å²) in [4.78, 5) is 69.1. The third-order valence-corrected chi connectivity index (χ3v) is 11.2. The molecule has 3 saturated heterocycles. The van der Waals surface area contributed by atoms with Crippen molar-refractivity contribution in [2.45, 2.75) is 37.1 Å². The minimum Gasteiger partial charge on any atom is -0.334 e. The number of carbonyl (C=O) groups is 6. The van der Waals surface area contributed by atoms with Crippen molar-refractivity contribution in [3.8, 4) is 0 Å². The van der Waals surface area contributed by atoms with Crippen LogP contribution in [0.4, 0.5) is 0 Å².